The summed E-state index contributed by atoms with van der Waals surface area (Å²) >= 11 is 3.82. The van der Waals surface area contributed by atoms with Crippen molar-refractivity contribution in [1.82, 2.24) is 0 Å². The van der Waals surface area contributed by atoms with E-state index in [4.69, 9.17) is 0 Å². The topological polar surface area (TPSA) is 3.24 Å². The van der Waals surface area contributed by atoms with Crippen LogP contribution in [0, 0.1) is 0 Å². The van der Waals surface area contributed by atoms with Crippen LogP contribution in [0.25, 0.3) is 69.0 Å². The van der Waals surface area contributed by atoms with Gasteiger partial charge < -0.3 is 4.90 Å². The number of fused-ring (bicyclic) bond motifs is 9. The molecule has 0 aliphatic heterocycles. The van der Waals surface area contributed by atoms with Crippen LogP contribution in [-0.2, 0) is 6.42 Å². The Morgan fingerprint density at radius 3 is 2.00 bits per heavy atom. The standard InChI is InChI=1S/C44H29NS2/c1-2-12-31-29(11-1)27-38(33-14-4-3-13-32(31)33)28-23-25-30(26-24-28)45(39-19-9-17-36-34-15-5-7-21-41(34)46-43(36)39)40-20-10-18-37-35-16-6-8-22-42(35)47-44(37)40/h1-5,7-15,17-27H,6,16H2. The third-order valence-electron chi connectivity index (χ3n) is 9.73. The fraction of sp³-hybridized carbons (Fsp3) is 0.0455. The maximum atomic E-state index is 2.51. The average molecular weight is 636 g/mol. The molecule has 47 heavy (non-hydrogen) atoms. The zero-order valence-corrected chi connectivity index (χ0v) is 27.2. The number of rotatable bonds is 4. The summed E-state index contributed by atoms with van der Waals surface area (Å²) in [6, 6.07) is 51.6. The molecule has 0 bridgehead atoms. The lowest BCUT2D eigenvalue weighted by Gasteiger charge is -2.27. The SMILES string of the molecule is C1=Cc2sc3c(N(c4ccc(-c5cc6ccccc6c6ccccc56)cc4)c4cccc5c4sc4ccccc45)cccc3c2CC1. The van der Waals surface area contributed by atoms with E-state index in [1.165, 1.54) is 90.4 Å². The molecule has 1 nitrogen and oxygen atoms in total. The summed E-state index contributed by atoms with van der Waals surface area (Å²) in [5, 5.41) is 9.17. The van der Waals surface area contributed by atoms with Gasteiger partial charge in [0.2, 0.25) is 0 Å². The lowest BCUT2D eigenvalue weighted by atomic mass is 9.93. The molecule has 2 heterocycles. The van der Waals surface area contributed by atoms with Gasteiger partial charge in [-0.15, -0.1) is 22.7 Å². The predicted molar refractivity (Wildman–Crippen MR) is 207 cm³/mol. The molecule has 0 unspecified atom stereocenters. The summed E-state index contributed by atoms with van der Waals surface area (Å²) in [5.74, 6) is 0. The van der Waals surface area contributed by atoms with Gasteiger partial charge in [0.15, 0.2) is 0 Å². The van der Waals surface area contributed by atoms with Crippen LogP contribution in [0.15, 0.2) is 146 Å². The van der Waals surface area contributed by atoms with Gasteiger partial charge in [0.05, 0.1) is 20.8 Å². The molecular formula is C44H29NS2. The number of nitrogens with zero attached hydrogens (tertiary/aromatic N) is 1. The Labute approximate surface area is 281 Å². The zero-order chi connectivity index (χ0) is 30.9. The van der Waals surface area contributed by atoms with Crippen LogP contribution in [0.4, 0.5) is 17.1 Å². The van der Waals surface area contributed by atoms with E-state index in [1.807, 2.05) is 22.7 Å². The van der Waals surface area contributed by atoms with Crippen LogP contribution >= 0.6 is 22.7 Å². The molecule has 3 heteroatoms. The monoisotopic (exact) mass is 635 g/mol. The second kappa shape index (κ2) is 10.7. The molecule has 9 aromatic rings. The van der Waals surface area contributed by atoms with Crippen LogP contribution in [0.2, 0.25) is 0 Å². The van der Waals surface area contributed by atoms with Gasteiger partial charge in [-0.3, -0.25) is 0 Å². The highest BCUT2D eigenvalue weighted by Crippen LogP contribution is 2.49. The Balaban J connectivity index is 1.20. The molecule has 7 aromatic carbocycles. The first-order valence-corrected chi connectivity index (χ1v) is 17.9. The number of hydrogen-bond donors (Lipinski definition) is 0. The molecule has 0 saturated carbocycles. The largest absolute Gasteiger partial charge is 0.308 e. The number of allylic oxidation sites excluding steroid dienone is 1. The second-order valence-electron chi connectivity index (χ2n) is 12.4. The highest BCUT2D eigenvalue weighted by Gasteiger charge is 2.23. The molecule has 2 aromatic heterocycles. The summed E-state index contributed by atoms with van der Waals surface area (Å²) in [6.07, 6.45) is 6.86. The second-order valence-corrected chi connectivity index (χ2v) is 14.5. The van der Waals surface area contributed by atoms with Crippen LogP contribution in [-0.4, -0.2) is 0 Å². The maximum Gasteiger partial charge on any atom is 0.0640 e. The highest BCUT2D eigenvalue weighted by molar-refractivity contribution is 7.26. The fourth-order valence-electron chi connectivity index (χ4n) is 7.56. The molecular weight excluding hydrogens is 607 g/mol. The van der Waals surface area contributed by atoms with Crippen LogP contribution < -0.4 is 4.90 Å². The Bertz CT molecular complexity index is 2690. The van der Waals surface area contributed by atoms with Gasteiger partial charge in [-0.05, 0) is 98.9 Å². The van der Waals surface area contributed by atoms with Crippen molar-refractivity contribution in [1.29, 1.82) is 0 Å². The smallest absolute Gasteiger partial charge is 0.0640 e. The van der Waals surface area contributed by atoms with E-state index in [0.717, 1.165) is 12.8 Å². The molecule has 0 amide bonds. The summed E-state index contributed by atoms with van der Waals surface area (Å²) in [7, 11) is 0. The molecule has 1 aliphatic rings. The van der Waals surface area contributed by atoms with Crippen LogP contribution in [0.1, 0.15) is 16.9 Å². The molecule has 10 rings (SSSR count). The van der Waals surface area contributed by atoms with Crippen molar-refractivity contribution in [2.24, 2.45) is 0 Å². The van der Waals surface area contributed by atoms with Gasteiger partial charge in [0, 0.05) is 26.0 Å². The summed E-state index contributed by atoms with van der Waals surface area (Å²) < 4.78 is 3.99. The third-order valence-corrected chi connectivity index (χ3v) is 12.2. The van der Waals surface area contributed by atoms with Crippen molar-refractivity contribution in [3.05, 3.63) is 156 Å². The van der Waals surface area contributed by atoms with Crippen LogP contribution in [0.3, 0.4) is 0 Å². The van der Waals surface area contributed by atoms with Crippen molar-refractivity contribution < 1.29 is 0 Å². The lowest BCUT2D eigenvalue weighted by molar-refractivity contribution is 1.01. The summed E-state index contributed by atoms with van der Waals surface area (Å²) in [4.78, 5) is 3.91. The summed E-state index contributed by atoms with van der Waals surface area (Å²) in [5.41, 5.74) is 7.62. The molecule has 0 fully saturated rings. The van der Waals surface area contributed by atoms with Gasteiger partial charge in [-0.1, -0.05) is 109 Å². The van der Waals surface area contributed by atoms with Gasteiger partial charge in [-0.2, -0.15) is 0 Å². The van der Waals surface area contributed by atoms with Crippen LogP contribution in [0.5, 0.6) is 0 Å². The van der Waals surface area contributed by atoms with E-state index in [2.05, 4.69) is 157 Å². The van der Waals surface area contributed by atoms with Crippen molar-refractivity contribution in [2.75, 3.05) is 4.90 Å². The highest BCUT2D eigenvalue weighted by atomic mass is 32.1. The van der Waals surface area contributed by atoms with Gasteiger partial charge >= 0.3 is 0 Å². The average Bonchev–Trinajstić information content (AvgIpc) is 3.71. The quantitative estimate of drug-likeness (QED) is 0.174. The Morgan fingerprint density at radius 2 is 1.17 bits per heavy atom. The van der Waals surface area contributed by atoms with E-state index in [1.54, 1.807) is 0 Å². The van der Waals surface area contributed by atoms with Gasteiger partial charge in [-0.25, -0.2) is 0 Å². The minimum absolute atomic E-state index is 1.11. The lowest BCUT2D eigenvalue weighted by Crippen LogP contribution is -2.10. The first kappa shape index (κ1) is 26.9. The first-order chi connectivity index (χ1) is 23.3. The minimum atomic E-state index is 1.11. The first-order valence-electron chi connectivity index (χ1n) is 16.2. The Kier molecular flexibility index (Phi) is 6.12. The van der Waals surface area contributed by atoms with Crippen molar-refractivity contribution in [2.45, 2.75) is 12.8 Å². The van der Waals surface area contributed by atoms with E-state index in [9.17, 15) is 0 Å². The van der Waals surface area contributed by atoms with E-state index < -0.39 is 0 Å². The third kappa shape index (κ3) is 4.20. The van der Waals surface area contributed by atoms with E-state index in [0.29, 0.717) is 0 Å². The van der Waals surface area contributed by atoms with Crippen molar-refractivity contribution in [3.8, 4) is 11.1 Å². The molecule has 0 atom stereocenters. The van der Waals surface area contributed by atoms with Crippen molar-refractivity contribution >= 4 is 97.6 Å². The normalized spacial score (nSPS) is 12.9. The van der Waals surface area contributed by atoms with E-state index in [-0.39, 0.29) is 0 Å². The Morgan fingerprint density at radius 1 is 0.511 bits per heavy atom. The molecule has 0 radical (unpaired) electrons. The molecule has 1 aliphatic carbocycles. The number of aryl methyl sites for hydroxylation is 1. The minimum Gasteiger partial charge on any atom is -0.308 e. The number of benzene rings is 7. The Hall–Kier alpha value is -5.22. The van der Waals surface area contributed by atoms with E-state index >= 15 is 0 Å². The molecule has 0 saturated heterocycles. The number of thiophene rings is 2. The zero-order valence-electron chi connectivity index (χ0n) is 25.6. The number of hydrogen-bond acceptors (Lipinski definition) is 3. The molecule has 0 spiro atoms. The predicted octanol–water partition coefficient (Wildman–Crippen LogP) is 13.7. The fourth-order valence-corrected chi connectivity index (χ4v) is 10.1. The maximum absolute atomic E-state index is 2.51. The summed E-state index contributed by atoms with van der Waals surface area (Å²) in [6.45, 7) is 0. The van der Waals surface area contributed by atoms with Crippen molar-refractivity contribution in [3.63, 3.8) is 0 Å². The van der Waals surface area contributed by atoms with Gasteiger partial charge in [0.1, 0.15) is 0 Å². The number of anilines is 3. The molecule has 222 valence electrons. The molecule has 0 N–H and O–H groups in total. The van der Waals surface area contributed by atoms with Gasteiger partial charge in [0.25, 0.3) is 0 Å².